The van der Waals surface area contributed by atoms with E-state index in [0.29, 0.717) is 22.5 Å². The lowest BCUT2D eigenvalue weighted by molar-refractivity contribution is 0.104. The molecule has 136 valence electrons. The zero-order valence-corrected chi connectivity index (χ0v) is 15.3. The van der Waals surface area contributed by atoms with Gasteiger partial charge in [-0.25, -0.2) is 0 Å². The first kappa shape index (κ1) is 17.6. The Balaban J connectivity index is 1.90. The third-order valence-corrected chi connectivity index (χ3v) is 4.78. The van der Waals surface area contributed by atoms with Crippen molar-refractivity contribution < 1.29 is 4.79 Å². The average Bonchev–Trinajstić information content (AvgIpc) is 2.74. The van der Waals surface area contributed by atoms with Gasteiger partial charge in [0, 0.05) is 28.1 Å². The van der Waals surface area contributed by atoms with E-state index < -0.39 is 0 Å². The molecule has 0 bridgehead atoms. The van der Waals surface area contributed by atoms with Crippen molar-refractivity contribution >= 4 is 17.2 Å². The van der Waals surface area contributed by atoms with Crippen LogP contribution < -0.4 is 11.5 Å². The number of nitrogen functional groups attached to an aromatic ring is 2. The molecule has 3 nitrogen and oxygen atoms in total. The first-order chi connectivity index (χ1) is 13.6. The minimum absolute atomic E-state index is 0.0787. The third-order valence-electron chi connectivity index (χ3n) is 4.78. The van der Waals surface area contributed by atoms with Crippen molar-refractivity contribution in [2.24, 2.45) is 0 Å². The molecule has 28 heavy (non-hydrogen) atoms. The number of rotatable bonds is 4. The summed E-state index contributed by atoms with van der Waals surface area (Å²) in [5, 5.41) is 0. The molecule has 4 N–H and O–H groups in total. The molecular weight excluding hydrogens is 344 g/mol. The van der Waals surface area contributed by atoms with Gasteiger partial charge >= 0.3 is 0 Å². The molecule has 0 heterocycles. The second-order valence-electron chi connectivity index (χ2n) is 6.64. The monoisotopic (exact) mass is 364 g/mol. The van der Waals surface area contributed by atoms with Crippen LogP contribution >= 0.6 is 0 Å². The zero-order chi connectivity index (χ0) is 19.5. The van der Waals surface area contributed by atoms with E-state index in [0.717, 1.165) is 22.3 Å². The summed E-state index contributed by atoms with van der Waals surface area (Å²) in [7, 11) is 0. The lowest BCUT2D eigenvalue weighted by Gasteiger charge is -2.15. The summed E-state index contributed by atoms with van der Waals surface area (Å²) < 4.78 is 0. The van der Waals surface area contributed by atoms with Crippen LogP contribution in [0.1, 0.15) is 15.9 Å². The van der Waals surface area contributed by atoms with Gasteiger partial charge in [-0.05, 0) is 41.0 Å². The normalized spacial score (nSPS) is 10.6. The highest BCUT2D eigenvalue weighted by molar-refractivity contribution is 6.17. The summed E-state index contributed by atoms with van der Waals surface area (Å²) in [6.07, 6.45) is 0. The third kappa shape index (κ3) is 3.26. The van der Waals surface area contributed by atoms with Gasteiger partial charge in [0.25, 0.3) is 0 Å². The molecule has 0 amide bonds. The van der Waals surface area contributed by atoms with Crippen LogP contribution in [0.2, 0.25) is 0 Å². The molecule has 0 unspecified atom stereocenters. The highest BCUT2D eigenvalue weighted by Crippen LogP contribution is 2.34. The van der Waals surface area contributed by atoms with E-state index in [9.17, 15) is 4.79 Å². The molecule has 3 heteroatoms. The molecule has 0 aliphatic rings. The Hall–Kier alpha value is -3.85. The maximum Gasteiger partial charge on any atom is 0.194 e. The molecule has 0 atom stereocenters. The Morgan fingerprint density at radius 2 is 1.25 bits per heavy atom. The van der Waals surface area contributed by atoms with E-state index in [1.54, 1.807) is 12.1 Å². The van der Waals surface area contributed by atoms with E-state index in [1.807, 2.05) is 84.9 Å². The Bertz CT molecular complexity index is 1140. The zero-order valence-electron chi connectivity index (χ0n) is 15.3. The SMILES string of the molecule is Nc1ccc(C(=O)c2cccc(N)c2-c2ccccc2)c(-c2ccccc2)c1. The summed E-state index contributed by atoms with van der Waals surface area (Å²) in [5.74, 6) is -0.0787. The molecule has 4 rings (SSSR count). The Kier molecular flexibility index (Phi) is 4.65. The molecule has 0 saturated carbocycles. The van der Waals surface area contributed by atoms with Crippen molar-refractivity contribution in [2.45, 2.75) is 0 Å². The molecule has 4 aromatic carbocycles. The average molecular weight is 364 g/mol. The van der Waals surface area contributed by atoms with Gasteiger partial charge in [0.1, 0.15) is 0 Å². The van der Waals surface area contributed by atoms with E-state index in [4.69, 9.17) is 11.5 Å². The topological polar surface area (TPSA) is 69.1 Å². The maximum absolute atomic E-state index is 13.6. The quantitative estimate of drug-likeness (QED) is 0.375. The molecule has 0 saturated heterocycles. The Labute approximate surface area is 164 Å². The summed E-state index contributed by atoms with van der Waals surface area (Å²) in [4.78, 5) is 13.6. The van der Waals surface area contributed by atoms with Crippen molar-refractivity contribution in [3.63, 3.8) is 0 Å². The van der Waals surface area contributed by atoms with Crippen LogP contribution in [-0.4, -0.2) is 5.78 Å². The van der Waals surface area contributed by atoms with Gasteiger partial charge in [-0.1, -0.05) is 72.8 Å². The molecule has 4 aromatic rings. The lowest BCUT2D eigenvalue weighted by atomic mass is 9.89. The van der Waals surface area contributed by atoms with Crippen LogP contribution in [0.15, 0.2) is 97.1 Å². The first-order valence-electron chi connectivity index (χ1n) is 9.08. The fourth-order valence-electron chi connectivity index (χ4n) is 3.45. The maximum atomic E-state index is 13.6. The number of carbonyl (C=O) groups is 1. The number of hydrogen-bond acceptors (Lipinski definition) is 3. The van der Waals surface area contributed by atoms with E-state index in [1.165, 1.54) is 0 Å². The van der Waals surface area contributed by atoms with E-state index in [-0.39, 0.29) is 5.78 Å². The van der Waals surface area contributed by atoms with Gasteiger partial charge in [-0.15, -0.1) is 0 Å². The molecule has 0 aromatic heterocycles. The van der Waals surface area contributed by atoms with Crippen molar-refractivity contribution in [3.05, 3.63) is 108 Å². The highest BCUT2D eigenvalue weighted by atomic mass is 16.1. The molecule has 0 aliphatic heterocycles. The van der Waals surface area contributed by atoms with Crippen LogP contribution in [-0.2, 0) is 0 Å². The predicted molar refractivity (Wildman–Crippen MR) is 116 cm³/mol. The molecule has 0 spiro atoms. The van der Waals surface area contributed by atoms with Gasteiger partial charge in [0.05, 0.1) is 0 Å². The minimum atomic E-state index is -0.0787. The number of hydrogen-bond donors (Lipinski definition) is 2. The van der Waals surface area contributed by atoms with Crippen molar-refractivity contribution in [1.29, 1.82) is 0 Å². The fourth-order valence-corrected chi connectivity index (χ4v) is 3.45. The Morgan fingerprint density at radius 3 is 1.93 bits per heavy atom. The van der Waals surface area contributed by atoms with Gasteiger partial charge in [0.2, 0.25) is 0 Å². The van der Waals surface area contributed by atoms with Crippen molar-refractivity contribution in [1.82, 2.24) is 0 Å². The number of nitrogens with two attached hydrogens (primary N) is 2. The smallest absolute Gasteiger partial charge is 0.194 e. The number of benzene rings is 4. The number of carbonyl (C=O) groups excluding carboxylic acids is 1. The van der Waals surface area contributed by atoms with Crippen LogP contribution in [0.4, 0.5) is 11.4 Å². The summed E-state index contributed by atoms with van der Waals surface area (Å²) in [5.41, 5.74) is 18.1. The summed E-state index contributed by atoms with van der Waals surface area (Å²) >= 11 is 0. The van der Waals surface area contributed by atoms with Crippen LogP contribution in [0, 0.1) is 0 Å². The molecule has 0 fully saturated rings. The van der Waals surface area contributed by atoms with Crippen molar-refractivity contribution in [3.8, 4) is 22.3 Å². The lowest BCUT2D eigenvalue weighted by Crippen LogP contribution is -2.08. The van der Waals surface area contributed by atoms with Gasteiger partial charge < -0.3 is 11.5 Å². The largest absolute Gasteiger partial charge is 0.399 e. The van der Waals surface area contributed by atoms with Crippen LogP contribution in [0.25, 0.3) is 22.3 Å². The first-order valence-corrected chi connectivity index (χ1v) is 9.08. The standard InChI is InChI=1S/C25H20N2O/c26-19-14-15-20(22(16-19)17-8-3-1-4-9-17)25(28)21-12-7-13-23(27)24(21)18-10-5-2-6-11-18/h1-16H,26-27H2. The molecule has 0 aliphatic carbocycles. The highest BCUT2D eigenvalue weighted by Gasteiger charge is 2.20. The molecular formula is C25H20N2O. The van der Waals surface area contributed by atoms with Gasteiger partial charge in [0.15, 0.2) is 5.78 Å². The van der Waals surface area contributed by atoms with E-state index >= 15 is 0 Å². The predicted octanol–water partition coefficient (Wildman–Crippen LogP) is 5.42. The van der Waals surface area contributed by atoms with Crippen LogP contribution in [0.3, 0.4) is 0 Å². The number of anilines is 2. The van der Waals surface area contributed by atoms with Gasteiger partial charge in [-0.2, -0.15) is 0 Å². The van der Waals surface area contributed by atoms with Gasteiger partial charge in [-0.3, -0.25) is 4.79 Å². The number of ketones is 1. The summed E-state index contributed by atoms with van der Waals surface area (Å²) in [6, 6.07) is 30.4. The second-order valence-corrected chi connectivity index (χ2v) is 6.64. The molecule has 0 radical (unpaired) electrons. The van der Waals surface area contributed by atoms with Crippen molar-refractivity contribution in [2.75, 3.05) is 11.5 Å². The summed E-state index contributed by atoms with van der Waals surface area (Å²) in [6.45, 7) is 0. The second kappa shape index (κ2) is 7.41. The fraction of sp³-hybridized carbons (Fsp3) is 0. The Morgan fingerprint density at radius 1 is 0.607 bits per heavy atom. The van der Waals surface area contributed by atoms with Crippen LogP contribution in [0.5, 0.6) is 0 Å². The van der Waals surface area contributed by atoms with E-state index in [2.05, 4.69) is 0 Å². The minimum Gasteiger partial charge on any atom is -0.399 e.